The second-order valence-corrected chi connectivity index (χ2v) is 3.86. The summed E-state index contributed by atoms with van der Waals surface area (Å²) in [6, 6.07) is 7.27. The van der Waals surface area contributed by atoms with Crippen LogP contribution in [0.1, 0.15) is 38.2 Å². The van der Waals surface area contributed by atoms with Crippen LogP contribution in [0.15, 0.2) is 24.3 Å². The Hall–Kier alpha value is -1.35. The molecule has 3 nitrogen and oxygen atoms in total. The van der Waals surface area contributed by atoms with Crippen LogP contribution in [-0.2, 0) is 11.4 Å². The molecule has 0 saturated heterocycles. The molecule has 0 aliphatic rings. The van der Waals surface area contributed by atoms with Crippen molar-refractivity contribution in [3.63, 3.8) is 0 Å². The second-order valence-electron chi connectivity index (χ2n) is 3.86. The number of carbonyl (C=O) groups excluding carboxylic acids is 1. The molecule has 2 N–H and O–H groups in total. The monoisotopic (exact) mass is 221 g/mol. The molecule has 0 bridgehead atoms. The van der Waals surface area contributed by atoms with Gasteiger partial charge in [0.2, 0.25) is 5.91 Å². The van der Waals surface area contributed by atoms with Crippen LogP contribution in [0.4, 0.5) is 5.69 Å². The van der Waals surface area contributed by atoms with E-state index in [-0.39, 0.29) is 12.5 Å². The fourth-order valence-corrected chi connectivity index (χ4v) is 1.51. The molecule has 88 valence electrons. The van der Waals surface area contributed by atoms with E-state index in [2.05, 4.69) is 12.2 Å². The van der Waals surface area contributed by atoms with Gasteiger partial charge in [0.05, 0.1) is 6.61 Å². The highest BCUT2D eigenvalue weighted by atomic mass is 16.3. The van der Waals surface area contributed by atoms with Crippen molar-refractivity contribution in [2.75, 3.05) is 5.32 Å². The number of aliphatic hydroxyl groups is 1. The number of benzene rings is 1. The molecule has 0 radical (unpaired) electrons. The van der Waals surface area contributed by atoms with Crippen LogP contribution in [0.2, 0.25) is 0 Å². The second kappa shape index (κ2) is 7.01. The lowest BCUT2D eigenvalue weighted by Gasteiger charge is -2.06. The van der Waals surface area contributed by atoms with Crippen LogP contribution >= 0.6 is 0 Å². The highest BCUT2D eigenvalue weighted by molar-refractivity contribution is 5.90. The fraction of sp³-hybridized carbons (Fsp3) is 0.462. The van der Waals surface area contributed by atoms with Crippen LogP contribution in [0.5, 0.6) is 0 Å². The molecule has 0 saturated carbocycles. The van der Waals surface area contributed by atoms with E-state index < -0.39 is 0 Å². The molecule has 0 atom stereocenters. The van der Waals surface area contributed by atoms with E-state index in [0.717, 1.165) is 30.5 Å². The Balaban J connectivity index is 2.43. The highest BCUT2D eigenvalue weighted by Crippen LogP contribution is 2.11. The van der Waals surface area contributed by atoms with Crippen molar-refractivity contribution < 1.29 is 9.90 Å². The Bertz CT molecular complexity index is 336. The van der Waals surface area contributed by atoms with E-state index >= 15 is 0 Å². The van der Waals surface area contributed by atoms with Gasteiger partial charge >= 0.3 is 0 Å². The third kappa shape index (κ3) is 4.45. The number of anilines is 1. The van der Waals surface area contributed by atoms with E-state index in [1.54, 1.807) is 6.07 Å². The van der Waals surface area contributed by atoms with Crippen molar-refractivity contribution in [2.45, 2.75) is 39.2 Å². The standard InChI is InChI=1S/C13H19NO2/c1-2-3-4-8-13(16)14-12-7-5-6-11(9-12)10-15/h5-7,9,15H,2-4,8,10H2,1H3,(H,14,16). The van der Waals surface area contributed by atoms with Gasteiger partial charge in [-0.05, 0) is 24.1 Å². The van der Waals surface area contributed by atoms with Gasteiger partial charge in [-0.3, -0.25) is 4.79 Å². The summed E-state index contributed by atoms with van der Waals surface area (Å²) in [5, 5.41) is 11.8. The summed E-state index contributed by atoms with van der Waals surface area (Å²) >= 11 is 0. The molecule has 16 heavy (non-hydrogen) atoms. The van der Waals surface area contributed by atoms with Crippen molar-refractivity contribution in [1.29, 1.82) is 0 Å². The van der Waals surface area contributed by atoms with Gasteiger partial charge in [-0.1, -0.05) is 31.9 Å². The molecular formula is C13H19NO2. The predicted octanol–water partition coefficient (Wildman–Crippen LogP) is 2.70. The van der Waals surface area contributed by atoms with E-state index in [4.69, 9.17) is 5.11 Å². The lowest BCUT2D eigenvalue weighted by molar-refractivity contribution is -0.116. The van der Waals surface area contributed by atoms with Gasteiger partial charge in [0, 0.05) is 12.1 Å². The Morgan fingerprint density at radius 1 is 1.38 bits per heavy atom. The van der Waals surface area contributed by atoms with Gasteiger partial charge in [-0.25, -0.2) is 0 Å². The molecule has 0 aliphatic carbocycles. The molecule has 1 aromatic carbocycles. The molecule has 1 amide bonds. The summed E-state index contributed by atoms with van der Waals surface area (Å²) in [6.07, 6.45) is 3.70. The SMILES string of the molecule is CCCCCC(=O)Nc1cccc(CO)c1. The first kappa shape index (κ1) is 12.7. The highest BCUT2D eigenvalue weighted by Gasteiger charge is 2.02. The molecule has 0 unspecified atom stereocenters. The van der Waals surface area contributed by atoms with E-state index in [0.29, 0.717) is 6.42 Å². The third-order valence-electron chi connectivity index (χ3n) is 2.40. The molecule has 0 heterocycles. The van der Waals surface area contributed by atoms with Gasteiger partial charge in [0.1, 0.15) is 0 Å². The Morgan fingerprint density at radius 3 is 2.88 bits per heavy atom. The number of carbonyl (C=O) groups is 1. The van der Waals surface area contributed by atoms with Crippen LogP contribution in [0.25, 0.3) is 0 Å². The molecule has 0 aromatic heterocycles. The van der Waals surface area contributed by atoms with Gasteiger partial charge in [0.15, 0.2) is 0 Å². The van der Waals surface area contributed by atoms with Crippen molar-refractivity contribution >= 4 is 11.6 Å². The summed E-state index contributed by atoms with van der Waals surface area (Å²) in [4.78, 5) is 11.5. The van der Waals surface area contributed by atoms with E-state index in [9.17, 15) is 4.79 Å². The van der Waals surface area contributed by atoms with Crippen LogP contribution in [-0.4, -0.2) is 11.0 Å². The maximum Gasteiger partial charge on any atom is 0.224 e. The molecule has 0 spiro atoms. The van der Waals surface area contributed by atoms with Gasteiger partial charge < -0.3 is 10.4 Å². The predicted molar refractivity (Wildman–Crippen MR) is 65.1 cm³/mol. The van der Waals surface area contributed by atoms with Crippen molar-refractivity contribution in [2.24, 2.45) is 0 Å². The average molecular weight is 221 g/mol. The van der Waals surface area contributed by atoms with Gasteiger partial charge in [-0.15, -0.1) is 0 Å². The Morgan fingerprint density at radius 2 is 2.19 bits per heavy atom. The maximum atomic E-state index is 11.5. The van der Waals surface area contributed by atoms with Crippen molar-refractivity contribution in [3.05, 3.63) is 29.8 Å². The zero-order valence-electron chi connectivity index (χ0n) is 9.70. The summed E-state index contributed by atoms with van der Waals surface area (Å²) < 4.78 is 0. The number of rotatable bonds is 6. The average Bonchev–Trinajstić information content (AvgIpc) is 2.29. The lowest BCUT2D eigenvalue weighted by Crippen LogP contribution is -2.11. The zero-order valence-corrected chi connectivity index (χ0v) is 9.70. The first-order chi connectivity index (χ1) is 7.76. The number of unbranched alkanes of at least 4 members (excludes halogenated alkanes) is 2. The minimum absolute atomic E-state index is 0.000451. The summed E-state index contributed by atoms with van der Waals surface area (Å²) in [7, 11) is 0. The maximum absolute atomic E-state index is 11.5. The smallest absolute Gasteiger partial charge is 0.224 e. The van der Waals surface area contributed by atoms with Crippen molar-refractivity contribution in [3.8, 4) is 0 Å². The number of hydrogen-bond donors (Lipinski definition) is 2. The van der Waals surface area contributed by atoms with Crippen molar-refractivity contribution in [1.82, 2.24) is 0 Å². The topological polar surface area (TPSA) is 49.3 Å². The normalized spacial score (nSPS) is 10.1. The molecular weight excluding hydrogens is 202 g/mol. The van der Waals surface area contributed by atoms with Crippen LogP contribution in [0.3, 0.4) is 0 Å². The first-order valence-corrected chi connectivity index (χ1v) is 5.76. The number of amides is 1. The first-order valence-electron chi connectivity index (χ1n) is 5.76. The minimum atomic E-state index is -0.000451. The number of nitrogens with one attached hydrogen (secondary N) is 1. The quantitative estimate of drug-likeness (QED) is 0.726. The zero-order chi connectivity index (χ0) is 11.8. The fourth-order valence-electron chi connectivity index (χ4n) is 1.51. The largest absolute Gasteiger partial charge is 0.392 e. The molecule has 1 rings (SSSR count). The summed E-state index contributed by atoms with van der Waals surface area (Å²) in [6.45, 7) is 2.11. The molecule has 1 aromatic rings. The minimum Gasteiger partial charge on any atom is -0.392 e. The summed E-state index contributed by atoms with van der Waals surface area (Å²) in [5.41, 5.74) is 1.57. The van der Waals surface area contributed by atoms with Gasteiger partial charge in [-0.2, -0.15) is 0 Å². The van der Waals surface area contributed by atoms with E-state index in [1.165, 1.54) is 0 Å². The third-order valence-corrected chi connectivity index (χ3v) is 2.40. The lowest BCUT2D eigenvalue weighted by atomic mass is 10.2. The molecule has 0 aliphatic heterocycles. The summed E-state index contributed by atoms with van der Waals surface area (Å²) in [5.74, 6) is 0.0449. The van der Waals surface area contributed by atoms with Gasteiger partial charge in [0.25, 0.3) is 0 Å². The molecule has 0 fully saturated rings. The number of aliphatic hydroxyl groups excluding tert-OH is 1. The molecule has 3 heteroatoms. The van der Waals surface area contributed by atoms with Crippen LogP contribution < -0.4 is 5.32 Å². The Kier molecular flexibility index (Phi) is 5.57. The van der Waals surface area contributed by atoms with Crippen LogP contribution in [0, 0.1) is 0 Å². The van der Waals surface area contributed by atoms with E-state index in [1.807, 2.05) is 18.2 Å². The number of hydrogen-bond acceptors (Lipinski definition) is 2. The Labute approximate surface area is 96.5 Å².